The van der Waals surface area contributed by atoms with E-state index in [4.69, 9.17) is 46.4 Å². The average molecular weight is 494 g/mol. The molecule has 0 radical (unpaired) electrons. The number of aromatic nitrogens is 2. The number of pyridine rings is 1. The highest BCUT2D eigenvalue weighted by Gasteiger charge is 2.21. The number of thiazole rings is 1. The Kier molecular flexibility index (Phi) is 6.60. The minimum Gasteiger partial charge on any atom is -0.326 e. The van der Waals surface area contributed by atoms with Crippen molar-refractivity contribution in [2.45, 2.75) is 6.92 Å². The maximum atomic E-state index is 14.4. The largest absolute Gasteiger partial charge is 0.326 e. The number of hydrogen-bond donors (Lipinski definition) is 2. The van der Waals surface area contributed by atoms with E-state index in [1.54, 1.807) is 11.4 Å². The molecule has 3 aromatic rings. The number of amides is 2. The van der Waals surface area contributed by atoms with Gasteiger partial charge in [0.1, 0.15) is 11.0 Å². The van der Waals surface area contributed by atoms with Crippen LogP contribution < -0.4 is 10.6 Å². The summed E-state index contributed by atoms with van der Waals surface area (Å²) in [5, 5.41) is 6.23. The molecule has 1 aromatic carbocycles. The molecule has 2 heterocycles. The second-order valence-electron chi connectivity index (χ2n) is 5.56. The monoisotopic (exact) mass is 492 g/mol. The summed E-state index contributed by atoms with van der Waals surface area (Å²) >= 11 is 24.7. The molecule has 150 valence electrons. The van der Waals surface area contributed by atoms with Crippen LogP contribution in [0.25, 0.3) is 11.3 Å². The molecule has 0 atom stereocenters. The lowest BCUT2D eigenvalue weighted by Gasteiger charge is -2.07. The van der Waals surface area contributed by atoms with Crippen molar-refractivity contribution >= 4 is 80.4 Å². The first-order valence-electron chi connectivity index (χ1n) is 7.71. The van der Waals surface area contributed by atoms with Gasteiger partial charge in [-0.2, -0.15) is 0 Å². The molecular formula is C17H9Cl4FN4O2S. The normalized spacial score (nSPS) is 10.7. The van der Waals surface area contributed by atoms with Crippen molar-refractivity contribution in [1.29, 1.82) is 0 Å². The maximum Gasteiger partial charge on any atom is 0.277 e. The number of benzene rings is 1. The van der Waals surface area contributed by atoms with Crippen LogP contribution in [-0.4, -0.2) is 21.8 Å². The van der Waals surface area contributed by atoms with Crippen LogP contribution in [-0.2, 0) is 4.79 Å². The van der Waals surface area contributed by atoms with Gasteiger partial charge < -0.3 is 5.32 Å². The Balaban J connectivity index is 1.83. The van der Waals surface area contributed by atoms with Gasteiger partial charge >= 0.3 is 0 Å². The summed E-state index contributed by atoms with van der Waals surface area (Å²) in [5.74, 6) is -1.61. The zero-order chi connectivity index (χ0) is 21.3. The Labute approximate surface area is 188 Å². The molecule has 0 saturated heterocycles. The number of nitrogens with one attached hydrogen (secondary N) is 2. The van der Waals surface area contributed by atoms with E-state index in [1.807, 2.05) is 0 Å². The van der Waals surface area contributed by atoms with Gasteiger partial charge in [0.05, 0.1) is 20.8 Å². The van der Waals surface area contributed by atoms with Gasteiger partial charge in [-0.15, -0.1) is 11.3 Å². The van der Waals surface area contributed by atoms with E-state index >= 15 is 0 Å². The van der Waals surface area contributed by atoms with Crippen LogP contribution in [0.4, 0.5) is 15.2 Å². The minimum atomic E-state index is -0.710. The van der Waals surface area contributed by atoms with Crippen LogP contribution in [0.2, 0.25) is 20.2 Å². The highest BCUT2D eigenvalue weighted by molar-refractivity contribution is 7.14. The summed E-state index contributed by atoms with van der Waals surface area (Å²) < 4.78 is 14.4. The summed E-state index contributed by atoms with van der Waals surface area (Å²) in [6.45, 7) is 1.32. The highest BCUT2D eigenvalue weighted by atomic mass is 35.5. The molecule has 0 unspecified atom stereocenters. The van der Waals surface area contributed by atoms with Gasteiger partial charge in [-0.3, -0.25) is 14.9 Å². The molecule has 0 saturated carbocycles. The van der Waals surface area contributed by atoms with E-state index in [9.17, 15) is 14.0 Å². The molecule has 0 aliphatic carbocycles. The summed E-state index contributed by atoms with van der Waals surface area (Å²) in [6, 6.07) is 4.19. The molecule has 2 aromatic heterocycles. The summed E-state index contributed by atoms with van der Waals surface area (Å²) in [6.07, 6.45) is 0. The zero-order valence-electron chi connectivity index (χ0n) is 14.3. The number of carbonyl (C=O) groups is 2. The molecule has 2 amide bonds. The quantitative estimate of drug-likeness (QED) is 0.425. The first-order chi connectivity index (χ1) is 13.7. The first-order valence-corrected chi connectivity index (χ1v) is 10.1. The smallest absolute Gasteiger partial charge is 0.277 e. The number of hydrogen-bond acceptors (Lipinski definition) is 5. The predicted molar refractivity (Wildman–Crippen MR) is 114 cm³/mol. The van der Waals surface area contributed by atoms with Gasteiger partial charge in [0, 0.05) is 23.6 Å². The van der Waals surface area contributed by atoms with Crippen molar-refractivity contribution in [2.75, 3.05) is 10.6 Å². The van der Waals surface area contributed by atoms with Crippen LogP contribution in [0.3, 0.4) is 0 Å². The topological polar surface area (TPSA) is 84.0 Å². The van der Waals surface area contributed by atoms with E-state index in [2.05, 4.69) is 20.6 Å². The van der Waals surface area contributed by atoms with Crippen molar-refractivity contribution in [3.05, 3.63) is 55.3 Å². The first kappa shape index (κ1) is 21.7. The average Bonchev–Trinajstić information content (AvgIpc) is 3.10. The molecular weight excluding hydrogens is 485 g/mol. The van der Waals surface area contributed by atoms with Crippen LogP contribution >= 0.6 is 57.7 Å². The van der Waals surface area contributed by atoms with Crippen LogP contribution in [0, 0.1) is 5.82 Å². The standard InChI is InChI=1S/C17H9Cl4FN4O2S/c1-6(27)23-7-2-3-8(9(22)4-7)10-5-29-17(24-10)26-16(28)14-12(19)11(18)13(20)15(21)25-14/h2-5H,1H3,(H,23,27)(H,24,26,28). The third-order valence-corrected chi connectivity index (χ3v) is 5.92. The molecule has 29 heavy (non-hydrogen) atoms. The van der Waals surface area contributed by atoms with Gasteiger partial charge in [0.15, 0.2) is 10.8 Å². The molecule has 3 rings (SSSR count). The number of carbonyl (C=O) groups excluding carboxylic acids is 2. The van der Waals surface area contributed by atoms with Crippen LogP contribution in [0.5, 0.6) is 0 Å². The molecule has 0 aliphatic rings. The van der Waals surface area contributed by atoms with Gasteiger partial charge in [-0.25, -0.2) is 14.4 Å². The van der Waals surface area contributed by atoms with E-state index < -0.39 is 11.7 Å². The number of halogens is 5. The zero-order valence-corrected chi connectivity index (χ0v) is 18.2. The lowest BCUT2D eigenvalue weighted by atomic mass is 10.1. The van der Waals surface area contributed by atoms with Gasteiger partial charge in [0.25, 0.3) is 5.91 Å². The maximum absolute atomic E-state index is 14.4. The Morgan fingerprint density at radius 1 is 1.03 bits per heavy atom. The fourth-order valence-corrected chi connectivity index (χ4v) is 3.77. The van der Waals surface area contributed by atoms with E-state index in [-0.39, 0.29) is 42.5 Å². The van der Waals surface area contributed by atoms with Gasteiger partial charge in [-0.05, 0) is 18.2 Å². The van der Waals surface area contributed by atoms with Crippen molar-refractivity contribution < 1.29 is 14.0 Å². The van der Waals surface area contributed by atoms with Crippen molar-refractivity contribution in [1.82, 2.24) is 9.97 Å². The highest BCUT2D eigenvalue weighted by Crippen LogP contribution is 2.36. The number of rotatable bonds is 4. The molecule has 0 bridgehead atoms. The van der Waals surface area contributed by atoms with Crippen molar-refractivity contribution in [3.63, 3.8) is 0 Å². The molecule has 6 nitrogen and oxygen atoms in total. The third kappa shape index (κ3) is 4.79. The second kappa shape index (κ2) is 8.81. The van der Waals surface area contributed by atoms with Crippen molar-refractivity contribution in [2.24, 2.45) is 0 Å². The van der Waals surface area contributed by atoms with Gasteiger partial charge in [-0.1, -0.05) is 46.4 Å². The Bertz CT molecular complexity index is 1140. The second-order valence-corrected chi connectivity index (χ2v) is 7.91. The predicted octanol–water partition coefficient (Wildman–Crippen LogP) is 6.17. The fraction of sp³-hybridized carbons (Fsp3) is 0.0588. The lowest BCUT2D eigenvalue weighted by molar-refractivity contribution is -0.114. The van der Waals surface area contributed by atoms with E-state index in [0.29, 0.717) is 11.4 Å². The Hall–Kier alpha value is -1.97. The van der Waals surface area contributed by atoms with Crippen LogP contribution in [0.1, 0.15) is 17.4 Å². The molecule has 0 spiro atoms. The summed E-state index contributed by atoms with van der Waals surface area (Å²) in [5.41, 5.74) is 0.585. The third-order valence-electron chi connectivity index (χ3n) is 3.49. The van der Waals surface area contributed by atoms with E-state index in [0.717, 1.165) is 11.3 Å². The van der Waals surface area contributed by atoms with Gasteiger partial charge in [0.2, 0.25) is 5.91 Å². The number of nitrogens with zero attached hydrogens (tertiary/aromatic N) is 2. The minimum absolute atomic E-state index is 0.0652. The molecule has 0 aliphatic heterocycles. The Morgan fingerprint density at radius 2 is 1.76 bits per heavy atom. The molecule has 2 N–H and O–H groups in total. The lowest BCUT2D eigenvalue weighted by Crippen LogP contribution is -2.14. The number of anilines is 2. The van der Waals surface area contributed by atoms with Crippen molar-refractivity contribution in [3.8, 4) is 11.3 Å². The SMILES string of the molecule is CC(=O)Nc1ccc(-c2csc(NC(=O)c3nc(Cl)c(Cl)c(Cl)c3Cl)n2)c(F)c1. The Morgan fingerprint density at radius 3 is 2.41 bits per heavy atom. The van der Waals surface area contributed by atoms with E-state index in [1.165, 1.54) is 19.1 Å². The summed E-state index contributed by atoms with van der Waals surface area (Å²) in [7, 11) is 0. The van der Waals surface area contributed by atoms with Crippen LogP contribution in [0.15, 0.2) is 23.6 Å². The molecule has 12 heteroatoms. The fourth-order valence-electron chi connectivity index (χ4n) is 2.25. The summed E-state index contributed by atoms with van der Waals surface area (Å²) in [4.78, 5) is 31.5. The molecule has 0 fully saturated rings.